The molecular formula is C14H23FN2. The third kappa shape index (κ3) is 4.84. The van der Waals surface area contributed by atoms with Crippen molar-refractivity contribution in [1.29, 1.82) is 0 Å². The molecule has 0 amide bonds. The van der Waals surface area contributed by atoms with E-state index in [1.54, 1.807) is 6.07 Å². The van der Waals surface area contributed by atoms with Gasteiger partial charge in [-0.05, 0) is 32.6 Å². The lowest BCUT2D eigenvalue weighted by Crippen LogP contribution is -2.31. The van der Waals surface area contributed by atoms with Crippen LogP contribution in [0.5, 0.6) is 0 Å². The first-order chi connectivity index (χ1) is 8.17. The summed E-state index contributed by atoms with van der Waals surface area (Å²) in [6.07, 6.45) is 1.14. The van der Waals surface area contributed by atoms with E-state index in [-0.39, 0.29) is 5.82 Å². The lowest BCUT2D eigenvalue weighted by Gasteiger charge is -2.23. The van der Waals surface area contributed by atoms with Crippen LogP contribution in [0.15, 0.2) is 24.3 Å². The molecular weight excluding hydrogens is 215 g/mol. The first kappa shape index (κ1) is 14.1. The molecule has 0 aliphatic carbocycles. The largest absolute Gasteiger partial charge is 0.319 e. The van der Waals surface area contributed by atoms with E-state index in [4.69, 9.17) is 0 Å². The van der Waals surface area contributed by atoms with Crippen molar-refractivity contribution in [1.82, 2.24) is 10.2 Å². The van der Waals surface area contributed by atoms with Gasteiger partial charge in [0.25, 0.3) is 0 Å². The summed E-state index contributed by atoms with van der Waals surface area (Å²) in [5.41, 5.74) is 0.773. The molecule has 0 aliphatic rings. The van der Waals surface area contributed by atoms with E-state index in [9.17, 15) is 4.39 Å². The van der Waals surface area contributed by atoms with Crippen LogP contribution in [-0.2, 0) is 6.54 Å². The molecule has 0 saturated carbocycles. The van der Waals surface area contributed by atoms with Gasteiger partial charge in [0.1, 0.15) is 5.82 Å². The van der Waals surface area contributed by atoms with Crippen molar-refractivity contribution in [3.8, 4) is 0 Å². The molecule has 1 unspecified atom stereocenters. The average molecular weight is 238 g/mol. The zero-order chi connectivity index (χ0) is 12.7. The lowest BCUT2D eigenvalue weighted by atomic mass is 10.1. The summed E-state index contributed by atoms with van der Waals surface area (Å²) in [6, 6.07) is 6.99. The molecule has 1 N–H and O–H groups in total. The molecule has 0 aromatic heterocycles. The standard InChI is InChI=1S/C14H23FN2/c1-4-12(9-16-2)10-17(3)11-13-7-5-6-8-14(13)15/h5-8,12,16H,4,9-11H2,1-3H3. The predicted octanol–water partition coefficient (Wildman–Crippen LogP) is 2.50. The van der Waals surface area contributed by atoms with Crippen LogP contribution in [0.3, 0.4) is 0 Å². The third-order valence-corrected chi connectivity index (χ3v) is 3.04. The fourth-order valence-corrected chi connectivity index (χ4v) is 2.05. The molecule has 1 aromatic carbocycles. The van der Waals surface area contributed by atoms with Crippen molar-refractivity contribution >= 4 is 0 Å². The van der Waals surface area contributed by atoms with Gasteiger partial charge in [-0.1, -0.05) is 31.5 Å². The highest BCUT2D eigenvalue weighted by molar-refractivity contribution is 5.16. The fraction of sp³-hybridized carbons (Fsp3) is 0.571. The van der Waals surface area contributed by atoms with E-state index < -0.39 is 0 Å². The maximum absolute atomic E-state index is 13.5. The second-order valence-corrected chi connectivity index (χ2v) is 4.62. The van der Waals surface area contributed by atoms with Crippen LogP contribution in [0, 0.1) is 11.7 Å². The second kappa shape index (κ2) is 7.41. The van der Waals surface area contributed by atoms with Crippen molar-refractivity contribution in [2.45, 2.75) is 19.9 Å². The highest BCUT2D eigenvalue weighted by atomic mass is 19.1. The molecule has 2 nitrogen and oxygen atoms in total. The number of halogens is 1. The van der Waals surface area contributed by atoms with Gasteiger partial charge in [-0.3, -0.25) is 0 Å². The zero-order valence-corrected chi connectivity index (χ0v) is 11.0. The quantitative estimate of drug-likeness (QED) is 0.785. The van der Waals surface area contributed by atoms with Crippen LogP contribution in [0.2, 0.25) is 0 Å². The molecule has 1 atom stereocenters. The molecule has 0 fully saturated rings. The maximum Gasteiger partial charge on any atom is 0.127 e. The number of hydrogen-bond donors (Lipinski definition) is 1. The van der Waals surface area contributed by atoms with Crippen molar-refractivity contribution in [3.63, 3.8) is 0 Å². The molecule has 0 spiro atoms. The number of hydrogen-bond acceptors (Lipinski definition) is 2. The van der Waals surface area contributed by atoms with Gasteiger partial charge in [0.05, 0.1) is 0 Å². The number of rotatable bonds is 7. The molecule has 3 heteroatoms. The minimum Gasteiger partial charge on any atom is -0.319 e. The first-order valence-electron chi connectivity index (χ1n) is 6.23. The minimum absolute atomic E-state index is 0.110. The summed E-state index contributed by atoms with van der Waals surface area (Å²) in [4.78, 5) is 2.18. The summed E-state index contributed by atoms with van der Waals surface area (Å²) in [7, 11) is 4.02. The normalized spacial score (nSPS) is 13.0. The predicted molar refractivity (Wildman–Crippen MR) is 70.4 cm³/mol. The molecule has 0 bridgehead atoms. The van der Waals surface area contributed by atoms with Gasteiger partial charge < -0.3 is 10.2 Å². The van der Waals surface area contributed by atoms with Crippen LogP contribution in [0.1, 0.15) is 18.9 Å². The molecule has 0 aliphatic heterocycles. The first-order valence-corrected chi connectivity index (χ1v) is 6.23. The van der Waals surface area contributed by atoms with E-state index in [0.717, 1.165) is 25.1 Å². The Balaban J connectivity index is 2.49. The molecule has 0 heterocycles. The Morgan fingerprint density at radius 1 is 1.35 bits per heavy atom. The van der Waals surface area contributed by atoms with Crippen molar-refractivity contribution in [3.05, 3.63) is 35.6 Å². The summed E-state index contributed by atoms with van der Waals surface area (Å²) in [6.45, 7) is 4.87. The Labute approximate surface area is 104 Å². The topological polar surface area (TPSA) is 15.3 Å². The Bertz CT molecular complexity index is 328. The molecule has 0 radical (unpaired) electrons. The van der Waals surface area contributed by atoms with E-state index in [0.29, 0.717) is 12.5 Å². The van der Waals surface area contributed by atoms with Crippen molar-refractivity contribution in [2.24, 2.45) is 5.92 Å². The third-order valence-electron chi connectivity index (χ3n) is 3.04. The van der Waals surface area contributed by atoms with Crippen LogP contribution < -0.4 is 5.32 Å². The van der Waals surface area contributed by atoms with Crippen LogP contribution in [0.25, 0.3) is 0 Å². The van der Waals surface area contributed by atoms with Gasteiger partial charge in [-0.2, -0.15) is 0 Å². The molecule has 1 rings (SSSR count). The Morgan fingerprint density at radius 2 is 2.06 bits per heavy atom. The smallest absolute Gasteiger partial charge is 0.127 e. The number of nitrogens with zero attached hydrogens (tertiary/aromatic N) is 1. The minimum atomic E-state index is -0.110. The summed E-state index contributed by atoms with van der Waals surface area (Å²) in [5, 5.41) is 3.20. The van der Waals surface area contributed by atoms with E-state index in [1.165, 1.54) is 6.07 Å². The fourth-order valence-electron chi connectivity index (χ4n) is 2.05. The van der Waals surface area contributed by atoms with Crippen molar-refractivity contribution < 1.29 is 4.39 Å². The highest BCUT2D eigenvalue weighted by Gasteiger charge is 2.10. The Kier molecular flexibility index (Phi) is 6.16. The second-order valence-electron chi connectivity index (χ2n) is 4.62. The van der Waals surface area contributed by atoms with E-state index in [1.807, 2.05) is 26.2 Å². The maximum atomic E-state index is 13.5. The zero-order valence-electron chi connectivity index (χ0n) is 11.0. The molecule has 1 aromatic rings. The van der Waals surface area contributed by atoms with Crippen LogP contribution in [0.4, 0.5) is 4.39 Å². The van der Waals surface area contributed by atoms with E-state index >= 15 is 0 Å². The van der Waals surface area contributed by atoms with Gasteiger partial charge in [0.15, 0.2) is 0 Å². The molecule has 17 heavy (non-hydrogen) atoms. The van der Waals surface area contributed by atoms with Crippen LogP contribution in [-0.4, -0.2) is 32.1 Å². The van der Waals surface area contributed by atoms with Crippen molar-refractivity contribution in [2.75, 3.05) is 27.2 Å². The van der Waals surface area contributed by atoms with Gasteiger partial charge in [0.2, 0.25) is 0 Å². The van der Waals surface area contributed by atoms with E-state index in [2.05, 4.69) is 17.1 Å². The molecule has 0 saturated heterocycles. The van der Waals surface area contributed by atoms with Gasteiger partial charge >= 0.3 is 0 Å². The monoisotopic (exact) mass is 238 g/mol. The summed E-state index contributed by atoms with van der Waals surface area (Å²) < 4.78 is 13.5. The summed E-state index contributed by atoms with van der Waals surface area (Å²) in [5.74, 6) is 0.512. The van der Waals surface area contributed by atoms with Gasteiger partial charge in [-0.15, -0.1) is 0 Å². The number of nitrogens with one attached hydrogen (secondary N) is 1. The SMILES string of the molecule is CCC(CNC)CN(C)Cc1ccccc1F. The average Bonchev–Trinajstić information content (AvgIpc) is 2.31. The summed E-state index contributed by atoms with van der Waals surface area (Å²) >= 11 is 0. The van der Waals surface area contributed by atoms with Gasteiger partial charge in [0, 0.05) is 18.7 Å². The molecule has 96 valence electrons. The Hall–Kier alpha value is -0.930. The number of benzene rings is 1. The van der Waals surface area contributed by atoms with Crippen LogP contribution >= 0.6 is 0 Å². The highest BCUT2D eigenvalue weighted by Crippen LogP contribution is 2.11. The lowest BCUT2D eigenvalue weighted by molar-refractivity contribution is 0.259. The Morgan fingerprint density at radius 3 is 2.65 bits per heavy atom. The van der Waals surface area contributed by atoms with Gasteiger partial charge in [-0.25, -0.2) is 4.39 Å².